The van der Waals surface area contributed by atoms with Crippen LogP contribution in [0.3, 0.4) is 0 Å². The number of fused-ring (bicyclic) bond motifs is 1. The van der Waals surface area contributed by atoms with E-state index in [1.54, 1.807) is 10.2 Å². The first-order chi connectivity index (χ1) is 9.89. The molecule has 2 amide bonds. The summed E-state index contributed by atoms with van der Waals surface area (Å²) in [6.07, 6.45) is -3.38. The second-order valence-electron chi connectivity index (χ2n) is 4.78. The molecule has 1 heterocycles. The van der Waals surface area contributed by atoms with E-state index in [1.807, 2.05) is 24.3 Å². The number of aryl methyl sites for hydroxylation is 1. The number of benzene rings is 1. The summed E-state index contributed by atoms with van der Waals surface area (Å²) in [6, 6.07) is 7.45. The predicted molar refractivity (Wildman–Crippen MR) is 70.8 cm³/mol. The fraction of sp³-hybridized carbons (Fsp3) is 0.429. The van der Waals surface area contributed by atoms with Gasteiger partial charge in [-0.2, -0.15) is 13.2 Å². The van der Waals surface area contributed by atoms with Crippen LogP contribution >= 0.6 is 0 Å². The third-order valence-electron chi connectivity index (χ3n) is 3.29. The van der Waals surface area contributed by atoms with Gasteiger partial charge in [0.05, 0.1) is 0 Å². The third kappa shape index (κ3) is 3.74. The van der Waals surface area contributed by atoms with Crippen LogP contribution in [-0.4, -0.2) is 31.1 Å². The van der Waals surface area contributed by atoms with Crippen LogP contribution in [0, 0.1) is 0 Å². The Bertz CT molecular complexity index is 543. The summed E-state index contributed by atoms with van der Waals surface area (Å²) in [4.78, 5) is 24.3. The number of alkyl halides is 3. The minimum atomic E-state index is -4.92. The number of carbonyl (C=O) groups excluding carboxylic acids is 2. The average molecular weight is 300 g/mol. The molecule has 0 fully saturated rings. The Morgan fingerprint density at radius 1 is 1.24 bits per heavy atom. The number of halogens is 3. The Kier molecular flexibility index (Phi) is 4.50. The van der Waals surface area contributed by atoms with Crippen molar-refractivity contribution < 1.29 is 22.8 Å². The summed E-state index contributed by atoms with van der Waals surface area (Å²) in [5.41, 5.74) is 1.85. The van der Waals surface area contributed by atoms with Gasteiger partial charge < -0.3 is 10.2 Å². The number of rotatable bonds is 3. The molecule has 2 rings (SSSR count). The molecule has 1 aliphatic heterocycles. The number of anilines is 1. The molecular weight excluding hydrogens is 285 g/mol. The lowest BCUT2D eigenvalue weighted by atomic mass is 10.0. The molecule has 1 aliphatic rings. The van der Waals surface area contributed by atoms with Gasteiger partial charge in [-0.05, 0) is 24.5 Å². The van der Waals surface area contributed by atoms with Crippen LogP contribution in [0.2, 0.25) is 0 Å². The fourth-order valence-electron chi connectivity index (χ4n) is 2.31. The second kappa shape index (κ2) is 6.15. The van der Waals surface area contributed by atoms with Crippen LogP contribution < -0.4 is 10.2 Å². The van der Waals surface area contributed by atoms with E-state index >= 15 is 0 Å². The number of nitrogens with one attached hydrogen (secondary N) is 1. The first-order valence-electron chi connectivity index (χ1n) is 6.63. The van der Waals surface area contributed by atoms with Crippen LogP contribution in [0.25, 0.3) is 0 Å². The highest BCUT2D eigenvalue weighted by molar-refractivity contribution is 5.95. The van der Waals surface area contributed by atoms with E-state index in [0.29, 0.717) is 6.54 Å². The lowest BCUT2D eigenvalue weighted by Crippen LogP contribution is -2.41. The van der Waals surface area contributed by atoms with E-state index in [9.17, 15) is 22.8 Å². The Morgan fingerprint density at radius 2 is 1.95 bits per heavy atom. The van der Waals surface area contributed by atoms with Crippen LogP contribution in [0.15, 0.2) is 24.3 Å². The molecular formula is C14H15F3N2O2. The van der Waals surface area contributed by atoms with Crippen molar-refractivity contribution >= 4 is 17.5 Å². The first-order valence-corrected chi connectivity index (χ1v) is 6.63. The van der Waals surface area contributed by atoms with Gasteiger partial charge in [-0.15, -0.1) is 0 Å². The fourth-order valence-corrected chi connectivity index (χ4v) is 2.31. The number of hydrogen-bond donors (Lipinski definition) is 1. The number of hydrogen-bond acceptors (Lipinski definition) is 2. The summed E-state index contributed by atoms with van der Waals surface area (Å²) in [5.74, 6) is -2.31. The van der Waals surface area contributed by atoms with Gasteiger partial charge in [0.15, 0.2) is 0 Å². The monoisotopic (exact) mass is 300 g/mol. The minimum Gasteiger partial charge on any atom is -0.348 e. The number of para-hydroxylation sites is 1. The van der Waals surface area contributed by atoms with Gasteiger partial charge in [-0.3, -0.25) is 9.59 Å². The molecule has 4 nitrogen and oxygen atoms in total. The topological polar surface area (TPSA) is 49.4 Å². The lowest BCUT2D eigenvalue weighted by molar-refractivity contribution is -0.173. The van der Waals surface area contributed by atoms with Crippen molar-refractivity contribution in [2.45, 2.75) is 25.4 Å². The largest absolute Gasteiger partial charge is 0.471 e. The Labute approximate surface area is 119 Å². The van der Waals surface area contributed by atoms with E-state index in [1.165, 1.54) is 0 Å². The molecule has 0 aliphatic carbocycles. The highest BCUT2D eigenvalue weighted by atomic mass is 19.4. The maximum Gasteiger partial charge on any atom is 0.471 e. The molecule has 0 unspecified atom stereocenters. The van der Waals surface area contributed by atoms with Crippen molar-refractivity contribution in [1.29, 1.82) is 0 Å². The van der Waals surface area contributed by atoms with Gasteiger partial charge in [-0.1, -0.05) is 18.2 Å². The molecule has 21 heavy (non-hydrogen) atoms. The van der Waals surface area contributed by atoms with Crippen molar-refractivity contribution in [3.8, 4) is 0 Å². The van der Waals surface area contributed by atoms with Gasteiger partial charge in [0, 0.05) is 25.2 Å². The number of carbonyl (C=O) groups is 2. The molecule has 0 saturated heterocycles. The minimum absolute atomic E-state index is 0.157. The maximum absolute atomic E-state index is 12.1. The van der Waals surface area contributed by atoms with E-state index in [2.05, 4.69) is 0 Å². The molecule has 0 aromatic heterocycles. The van der Waals surface area contributed by atoms with Crippen LogP contribution in [0.5, 0.6) is 0 Å². The smallest absolute Gasteiger partial charge is 0.348 e. The zero-order chi connectivity index (χ0) is 15.5. The molecule has 0 atom stereocenters. The van der Waals surface area contributed by atoms with Crippen molar-refractivity contribution in [2.75, 3.05) is 18.0 Å². The molecule has 1 aromatic carbocycles. The normalized spacial score (nSPS) is 14.5. The maximum atomic E-state index is 12.1. The van der Waals surface area contributed by atoms with Gasteiger partial charge in [-0.25, -0.2) is 0 Å². The van der Waals surface area contributed by atoms with E-state index in [4.69, 9.17) is 0 Å². The molecule has 1 aromatic rings. The highest BCUT2D eigenvalue weighted by Gasteiger charge is 2.38. The summed E-state index contributed by atoms with van der Waals surface area (Å²) in [7, 11) is 0. The van der Waals surface area contributed by atoms with Crippen LogP contribution in [0.4, 0.5) is 18.9 Å². The quantitative estimate of drug-likeness (QED) is 0.928. The molecule has 0 radical (unpaired) electrons. The summed E-state index contributed by atoms with van der Waals surface area (Å²) in [6.45, 7) is 0.221. The van der Waals surface area contributed by atoms with Crippen LogP contribution in [-0.2, 0) is 16.0 Å². The molecule has 0 bridgehead atoms. The Balaban J connectivity index is 1.92. The summed E-state index contributed by atoms with van der Waals surface area (Å²) < 4.78 is 36.1. The second-order valence-corrected chi connectivity index (χ2v) is 4.78. The van der Waals surface area contributed by atoms with Crippen molar-refractivity contribution in [3.63, 3.8) is 0 Å². The molecule has 114 valence electrons. The van der Waals surface area contributed by atoms with Gasteiger partial charge in [0.2, 0.25) is 5.91 Å². The summed E-state index contributed by atoms with van der Waals surface area (Å²) >= 11 is 0. The molecule has 0 saturated carbocycles. The average Bonchev–Trinajstić information content (AvgIpc) is 2.45. The van der Waals surface area contributed by atoms with Gasteiger partial charge in [0.25, 0.3) is 0 Å². The zero-order valence-corrected chi connectivity index (χ0v) is 11.2. The van der Waals surface area contributed by atoms with Gasteiger partial charge in [0.1, 0.15) is 0 Å². The van der Waals surface area contributed by atoms with Crippen molar-refractivity contribution in [3.05, 3.63) is 29.8 Å². The first kappa shape index (κ1) is 15.3. The molecule has 7 heteroatoms. The highest BCUT2D eigenvalue weighted by Crippen LogP contribution is 2.27. The third-order valence-corrected chi connectivity index (χ3v) is 3.29. The number of nitrogens with zero attached hydrogens (tertiary/aromatic N) is 1. The van der Waals surface area contributed by atoms with Crippen LogP contribution in [0.1, 0.15) is 18.4 Å². The van der Waals surface area contributed by atoms with E-state index in [0.717, 1.165) is 24.1 Å². The standard InChI is InChI=1S/C14H15F3N2O2/c15-14(16,17)13(21)18-8-7-12(20)19-9-3-5-10-4-1-2-6-11(10)19/h1-2,4,6H,3,5,7-9H2,(H,18,21). The van der Waals surface area contributed by atoms with Gasteiger partial charge >= 0.3 is 12.1 Å². The predicted octanol–water partition coefficient (Wildman–Crippen LogP) is 2.03. The SMILES string of the molecule is O=C(CCNC(=O)C(F)(F)F)N1CCCc2ccccc21. The molecule has 0 spiro atoms. The lowest BCUT2D eigenvalue weighted by Gasteiger charge is -2.29. The number of amides is 2. The van der Waals surface area contributed by atoms with E-state index < -0.39 is 12.1 Å². The molecule has 1 N–H and O–H groups in total. The van der Waals surface area contributed by atoms with Crippen molar-refractivity contribution in [2.24, 2.45) is 0 Å². The summed E-state index contributed by atoms with van der Waals surface area (Å²) in [5, 5.41) is 1.71. The Morgan fingerprint density at radius 3 is 2.67 bits per heavy atom. The Hall–Kier alpha value is -2.05. The van der Waals surface area contributed by atoms with Crippen molar-refractivity contribution in [1.82, 2.24) is 5.32 Å². The van der Waals surface area contributed by atoms with E-state index in [-0.39, 0.29) is 18.9 Å². The zero-order valence-electron chi connectivity index (χ0n) is 11.2.